The van der Waals surface area contributed by atoms with E-state index in [0.717, 1.165) is 22.4 Å². The molecule has 3 saturated heterocycles. The lowest BCUT2D eigenvalue weighted by atomic mass is 10.0. The zero-order chi connectivity index (χ0) is 65.0. The number of carbonyl (C=O) groups excluding carboxylic acids is 9. The molecular weight excluding hydrogens is 1170 g/mol. The molecule has 4 heterocycles. The molecule has 0 saturated carbocycles. The van der Waals surface area contributed by atoms with E-state index >= 15 is 0 Å². The number of rotatable bonds is 31. The molecule has 90 heavy (non-hydrogen) atoms. The summed E-state index contributed by atoms with van der Waals surface area (Å²) in [6, 6.07) is 11.9. The number of carboxylic acid groups (broad SMARTS) is 1. The Morgan fingerprint density at radius 3 is 2.02 bits per heavy atom. The third kappa shape index (κ3) is 24.3. The normalized spacial score (nSPS) is 17.9. The first-order valence-electron chi connectivity index (χ1n) is 30.3. The topological polar surface area (TPSA) is 302 Å². The highest BCUT2D eigenvalue weighted by atomic mass is 19.3. The number of halogens is 2. The van der Waals surface area contributed by atoms with Gasteiger partial charge in [-0.1, -0.05) is 35.7 Å². The van der Waals surface area contributed by atoms with Gasteiger partial charge in [0.2, 0.25) is 35.4 Å². The van der Waals surface area contributed by atoms with Crippen LogP contribution in [0.25, 0.3) is 10.9 Å². The minimum absolute atomic E-state index is 0.00457. The number of carbonyl (C=O) groups is 10. The summed E-state index contributed by atoms with van der Waals surface area (Å²) in [6.45, 7) is 7.47. The van der Waals surface area contributed by atoms with Crippen molar-refractivity contribution in [3.63, 3.8) is 0 Å². The number of aliphatic carboxylic acids is 1. The molecule has 0 unspecified atom stereocenters. The number of nitrogens with zero attached hydrogens (tertiary/aromatic N) is 8. The van der Waals surface area contributed by atoms with Gasteiger partial charge in [-0.3, -0.25) is 82.7 Å². The number of ether oxygens (including phenoxy) is 3. The van der Waals surface area contributed by atoms with Gasteiger partial charge in [-0.25, -0.2) is 8.78 Å². The standard InChI is InChI=1S/C62H84F2N12O14/c1-4-48-36-62(63,64)40-76(48)58(83)37-66-60(86)50-18-19-65-52-17-15-49(34-51(50)52)90-33-6-5-20-70-29-31-75(32-30-70)57(82)35-55(80)69-61(87)53(16-12-46(3)67-54(79)9-7-8-47-13-10-45(2)11-14-47)68-56(81)38-71-21-22-72(39-59(84)85)24-26-74(42-89-44-78)28-27-73(25-23-71)41-88-43-77/h1,10-11,13-15,17-19,34,43-44,46,48,53H,5-9,12,16,20-33,35-42H2,2-3H3,(H,66,86)(H,67,79)(H,68,81)(H,84,85)(H,69,80,87)/t46-,48+,53+/m1/s1. The number of piperazine rings is 1. The molecule has 3 aliphatic rings. The van der Waals surface area contributed by atoms with Crippen LogP contribution in [0.5, 0.6) is 5.75 Å². The number of amides is 7. The second-order valence-corrected chi connectivity index (χ2v) is 22.8. The number of aryl methyl sites for hydroxylation is 2. The first-order valence-corrected chi connectivity index (χ1v) is 30.3. The summed E-state index contributed by atoms with van der Waals surface area (Å²) in [5.41, 5.74) is 2.96. The Kier molecular flexibility index (Phi) is 28.7. The van der Waals surface area contributed by atoms with Crippen molar-refractivity contribution >= 4 is 71.2 Å². The predicted octanol–water partition coefficient (Wildman–Crippen LogP) is 0.838. The van der Waals surface area contributed by atoms with Crippen molar-refractivity contribution in [1.82, 2.24) is 60.6 Å². The minimum atomic E-state index is -3.11. The molecule has 0 aliphatic carbocycles. The van der Waals surface area contributed by atoms with Crippen molar-refractivity contribution in [2.24, 2.45) is 0 Å². The summed E-state index contributed by atoms with van der Waals surface area (Å²) in [7, 11) is 0. The Hall–Kier alpha value is -8.23. The van der Waals surface area contributed by atoms with Crippen LogP contribution in [0.15, 0.2) is 54.7 Å². The largest absolute Gasteiger partial charge is 0.494 e. The molecule has 7 amide bonds. The summed E-state index contributed by atoms with van der Waals surface area (Å²) in [6.07, 6.45) is 8.78. The second-order valence-electron chi connectivity index (χ2n) is 22.8. The molecule has 3 fully saturated rings. The number of imide groups is 1. The number of nitrogens with one attached hydrogen (secondary N) is 4. The Balaban J connectivity index is 0.981. The molecule has 0 radical (unpaired) electrons. The lowest BCUT2D eigenvalue weighted by Gasteiger charge is -2.34. The molecule has 0 spiro atoms. The summed E-state index contributed by atoms with van der Waals surface area (Å²) in [5, 5.41) is 20.7. The molecule has 1 aromatic heterocycles. The number of benzene rings is 2. The number of hydrogen-bond donors (Lipinski definition) is 5. The van der Waals surface area contributed by atoms with Crippen LogP contribution in [-0.2, 0) is 59.0 Å². The molecule has 3 aromatic rings. The quantitative estimate of drug-likeness (QED) is 0.0258. The lowest BCUT2D eigenvalue weighted by Crippen LogP contribution is -2.53. The van der Waals surface area contributed by atoms with E-state index in [1.165, 1.54) is 12.3 Å². The summed E-state index contributed by atoms with van der Waals surface area (Å²) >= 11 is 0. The molecule has 26 nitrogen and oxygen atoms in total. The molecule has 2 aromatic carbocycles. The molecule has 28 heteroatoms. The van der Waals surface area contributed by atoms with Gasteiger partial charge in [-0.05, 0) is 88.7 Å². The van der Waals surface area contributed by atoms with Crippen LogP contribution < -0.4 is 26.0 Å². The highest BCUT2D eigenvalue weighted by molar-refractivity contribution is 6.07. The SMILES string of the molecule is C#C[C@H]1CC(F)(F)CN1C(=O)CNC(=O)c1ccnc2ccc(OCCCCN3CCN(C(=O)CC(=O)NC(=O)[C@H](CC[C@@H](C)NC(=O)CCCc4ccc(C)cc4)NC(=O)CN4CCN(COC=O)CCN(COC=O)CCN(CC(=O)O)CC4)CC3)cc12. The molecule has 3 atom stereocenters. The van der Waals surface area contributed by atoms with Crippen LogP contribution in [0, 0.1) is 19.3 Å². The number of aromatic nitrogens is 1. The average molecular weight is 1260 g/mol. The molecule has 0 bridgehead atoms. The van der Waals surface area contributed by atoms with Crippen molar-refractivity contribution in [2.75, 3.05) is 131 Å². The number of unbranched alkanes of at least 4 members (excludes halogenated alkanes) is 1. The highest BCUT2D eigenvalue weighted by Gasteiger charge is 2.46. The first kappa shape index (κ1) is 70.9. The maximum absolute atomic E-state index is 14.0. The van der Waals surface area contributed by atoms with E-state index in [1.54, 1.807) is 39.8 Å². The molecule has 3 aliphatic heterocycles. The van der Waals surface area contributed by atoms with E-state index < -0.39 is 91.4 Å². The van der Waals surface area contributed by atoms with Gasteiger partial charge < -0.3 is 45.1 Å². The van der Waals surface area contributed by atoms with Gasteiger partial charge in [-0.2, -0.15) is 0 Å². The monoisotopic (exact) mass is 1260 g/mol. The number of pyridine rings is 1. The number of fused-ring (bicyclic) bond motifs is 1. The number of terminal acetylenes is 1. The molecule has 490 valence electrons. The zero-order valence-electron chi connectivity index (χ0n) is 51.3. The van der Waals surface area contributed by atoms with Crippen molar-refractivity contribution < 1.29 is 76.0 Å². The molecule has 5 N–H and O–H groups in total. The minimum Gasteiger partial charge on any atom is -0.494 e. The van der Waals surface area contributed by atoms with Crippen LogP contribution in [-0.4, -0.2) is 260 Å². The van der Waals surface area contributed by atoms with E-state index in [9.17, 15) is 61.8 Å². The van der Waals surface area contributed by atoms with Crippen molar-refractivity contribution in [3.05, 3.63) is 71.4 Å². The Bertz CT molecular complexity index is 2970. The van der Waals surface area contributed by atoms with Gasteiger partial charge in [0.05, 0.1) is 49.9 Å². The Morgan fingerprint density at radius 1 is 0.756 bits per heavy atom. The first-order chi connectivity index (χ1) is 43.2. The van der Waals surface area contributed by atoms with Crippen molar-refractivity contribution in [3.8, 4) is 18.1 Å². The fourth-order valence-electron chi connectivity index (χ4n) is 10.7. The fraction of sp³-hybridized carbons (Fsp3) is 0.565. The van der Waals surface area contributed by atoms with Crippen LogP contribution in [0.1, 0.15) is 79.8 Å². The van der Waals surface area contributed by atoms with E-state index in [0.29, 0.717) is 114 Å². The van der Waals surface area contributed by atoms with E-state index in [-0.39, 0.29) is 83.5 Å². The van der Waals surface area contributed by atoms with Crippen molar-refractivity contribution in [2.45, 2.75) is 95.7 Å². The van der Waals surface area contributed by atoms with Crippen LogP contribution in [0.4, 0.5) is 8.78 Å². The third-order valence-corrected chi connectivity index (χ3v) is 15.8. The highest BCUT2D eigenvalue weighted by Crippen LogP contribution is 2.32. The number of carboxylic acids is 1. The Labute approximate surface area is 522 Å². The second kappa shape index (κ2) is 36.4. The lowest BCUT2D eigenvalue weighted by molar-refractivity contribution is -0.140. The van der Waals surface area contributed by atoms with E-state index in [4.69, 9.17) is 20.6 Å². The van der Waals surface area contributed by atoms with Gasteiger partial charge >= 0.3 is 5.97 Å². The molecule has 6 rings (SSSR count). The maximum Gasteiger partial charge on any atom is 0.317 e. The summed E-state index contributed by atoms with van der Waals surface area (Å²) in [4.78, 5) is 144. The van der Waals surface area contributed by atoms with E-state index in [1.807, 2.05) is 41.0 Å². The van der Waals surface area contributed by atoms with Gasteiger partial charge in [0.15, 0.2) is 0 Å². The van der Waals surface area contributed by atoms with Crippen LogP contribution in [0.3, 0.4) is 0 Å². The average Bonchev–Trinajstić information content (AvgIpc) is 2.15. The fourth-order valence-corrected chi connectivity index (χ4v) is 10.7. The summed E-state index contributed by atoms with van der Waals surface area (Å²) in [5.74, 6) is -5.77. The van der Waals surface area contributed by atoms with Gasteiger partial charge in [0, 0.05) is 109 Å². The third-order valence-electron chi connectivity index (χ3n) is 15.8. The smallest absolute Gasteiger partial charge is 0.317 e. The van der Waals surface area contributed by atoms with Gasteiger partial charge in [0.1, 0.15) is 31.7 Å². The number of hydrogen-bond acceptors (Lipinski definition) is 19. The van der Waals surface area contributed by atoms with Crippen LogP contribution in [0.2, 0.25) is 0 Å². The predicted molar refractivity (Wildman–Crippen MR) is 324 cm³/mol. The zero-order valence-corrected chi connectivity index (χ0v) is 51.3. The number of alkyl halides is 2. The van der Waals surface area contributed by atoms with Gasteiger partial charge in [-0.15, -0.1) is 6.42 Å². The molecular formula is C62H84F2N12O14. The van der Waals surface area contributed by atoms with Gasteiger partial charge in [0.25, 0.3) is 24.8 Å². The van der Waals surface area contributed by atoms with Crippen LogP contribution >= 0.6 is 0 Å². The van der Waals surface area contributed by atoms with Crippen molar-refractivity contribution in [1.29, 1.82) is 0 Å². The Morgan fingerprint density at radius 2 is 1.39 bits per heavy atom. The summed E-state index contributed by atoms with van der Waals surface area (Å²) < 4.78 is 44.0. The van der Waals surface area contributed by atoms with E-state index in [2.05, 4.69) is 37.1 Å². The maximum atomic E-state index is 14.0. The number of likely N-dealkylation sites (tertiary alicyclic amines) is 1.